The molecule has 0 spiro atoms. The molecule has 0 aromatic rings. The Morgan fingerprint density at radius 3 is 2.45 bits per heavy atom. The number of hydrogen-bond donors (Lipinski definition) is 1. The Kier molecular flexibility index (Phi) is 6.46. The van der Waals surface area contributed by atoms with Gasteiger partial charge in [-0.15, -0.1) is 0 Å². The molecule has 1 rings (SSSR count). The van der Waals surface area contributed by atoms with Gasteiger partial charge in [-0.25, -0.2) is 0 Å². The van der Waals surface area contributed by atoms with Crippen LogP contribution in [0.1, 0.15) is 40.5 Å². The van der Waals surface area contributed by atoms with E-state index in [4.69, 9.17) is 4.74 Å². The Morgan fingerprint density at radius 2 is 1.95 bits per heavy atom. The average molecular weight is 284 g/mol. The van der Waals surface area contributed by atoms with Crippen LogP contribution in [0.3, 0.4) is 0 Å². The molecule has 4 atom stereocenters. The zero-order valence-corrected chi connectivity index (χ0v) is 13.3. The summed E-state index contributed by atoms with van der Waals surface area (Å²) in [5.41, 5.74) is 0. The topological polar surface area (TPSA) is 58.6 Å². The van der Waals surface area contributed by atoms with Crippen molar-refractivity contribution in [2.24, 2.45) is 11.8 Å². The van der Waals surface area contributed by atoms with Gasteiger partial charge in [-0.05, 0) is 18.3 Å². The van der Waals surface area contributed by atoms with Gasteiger partial charge in [0.25, 0.3) is 0 Å². The molecule has 5 nitrogen and oxygen atoms in total. The molecule has 0 bridgehead atoms. The first-order valence-electron chi connectivity index (χ1n) is 7.55. The number of nitrogens with one attached hydrogen (secondary N) is 1. The Bertz CT molecular complexity index is 346. The zero-order valence-electron chi connectivity index (χ0n) is 13.3. The van der Waals surface area contributed by atoms with Crippen molar-refractivity contribution < 1.29 is 14.3 Å². The number of amides is 2. The Hall–Kier alpha value is -1.10. The summed E-state index contributed by atoms with van der Waals surface area (Å²) >= 11 is 0. The molecule has 0 aliphatic carbocycles. The number of methoxy groups -OCH3 is 1. The molecular formula is C15H28N2O3. The second-order valence-electron chi connectivity index (χ2n) is 5.85. The van der Waals surface area contributed by atoms with Crippen molar-refractivity contribution in [3.63, 3.8) is 0 Å². The number of piperazine rings is 1. The van der Waals surface area contributed by atoms with E-state index in [1.165, 1.54) is 0 Å². The normalized spacial score (nSPS) is 26.4. The van der Waals surface area contributed by atoms with E-state index >= 15 is 0 Å². The first kappa shape index (κ1) is 17.0. The van der Waals surface area contributed by atoms with Gasteiger partial charge in [0.2, 0.25) is 11.8 Å². The molecule has 1 saturated heterocycles. The van der Waals surface area contributed by atoms with Crippen molar-refractivity contribution >= 4 is 11.8 Å². The van der Waals surface area contributed by atoms with E-state index in [1.54, 1.807) is 12.0 Å². The summed E-state index contributed by atoms with van der Waals surface area (Å²) in [4.78, 5) is 26.6. The summed E-state index contributed by atoms with van der Waals surface area (Å²) in [5.74, 6) is 0.404. The van der Waals surface area contributed by atoms with Crippen molar-refractivity contribution in [2.75, 3.05) is 20.3 Å². The molecule has 5 heteroatoms. The molecule has 0 aromatic heterocycles. The van der Waals surface area contributed by atoms with Gasteiger partial charge < -0.3 is 15.0 Å². The minimum Gasteiger partial charge on any atom is -0.384 e. The third kappa shape index (κ3) is 3.72. The smallest absolute Gasteiger partial charge is 0.246 e. The minimum atomic E-state index is -0.384. The largest absolute Gasteiger partial charge is 0.384 e. The summed E-state index contributed by atoms with van der Waals surface area (Å²) in [6, 6.07) is -0.729. The second-order valence-corrected chi connectivity index (χ2v) is 5.85. The molecule has 0 saturated carbocycles. The highest BCUT2D eigenvalue weighted by atomic mass is 16.5. The molecule has 0 aromatic carbocycles. The van der Waals surface area contributed by atoms with Crippen LogP contribution in [-0.2, 0) is 14.3 Å². The van der Waals surface area contributed by atoms with Crippen molar-refractivity contribution in [2.45, 2.75) is 52.6 Å². The van der Waals surface area contributed by atoms with Crippen LogP contribution in [0.4, 0.5) is 0 Å². The van der Waals surface area contributed by atoms with Gasteiger partial charge >= 0.3 is 0 Å². The molecule has 116 valence electrons. The van der Waals surface area contributed by atoms with Gasteiger partial charge in [0, 0.05) is 13.7 Å². The maximum atomic E-state index is 12.7. The van der Waals surface area contributed by atoms with Gasteiger partial charge in [0.1, 0.15) is 12.1 Å². The number of carbonyl (C=O) groups excluding carboxylic acids is 2. The van der Waals surface area contributed by atoms with Crippen LogP contribution in [0.2, 0.25) is 0 Å². The van der Waals surface area contributed by atoms with Crippen molar-refractivity contribution in [1.29, 1.82) is 0 Å². The molecule has 2 amide bonds. The lowest BCUT2D eigenvalue weighted by Crippen LogP contribution is -2.65. The van der Waals surface area contributed by atoms with Gasteiger partial charge in [0.15, 0.2) is 0 Å². The van der Waals surface area contributed by atoms with Crippen molar-refractivity contribution in [3.05, 3.63) is 0 Å². The van der Waals surface area contributed by atoms with E-state index in [0.29, 0.717) is 19.6 Å². The van der Waals surface area contributed by atoms with Gasteiger partial charge in [-0.1, -0.05) is 34.1 Å². The van der Waals surface area contributed by atoms with E-state index < -0.39 is 0 Å². The Labute approximate surface area is 122 Å². The predicted molar refractivity (Wildman–Crippen MR) is 78.2 cm³/mol. The van der Waals surface area contributed by atoms with E-state index in [2.05, 4.69) is 5.32 Å². The number of rotatable bonds is 7. The third-order valence-electron chi connectivity index (χ3n) is 4.09. The average Bonchev–Trinajstić information content (AvgIpc) is 2.42. The molecule has 1 fully saturated rings. The lowest BCUT2D eigenvalue weighted by Gasteiger charge is -2.41. The Balaban J connectivity index is 2.88. The molecule has 20 heavy (non-hydrogen) atoms. The second kappa shape index (κ2) is 7.62. The SMILES string of the molecule is CCC(C)C1NC(=O)C(CC)N(CC(C)COC)C1=O. The van der Waals surface area contributed by atoms with Crippen LogP contribution in [0.15, 0.2) is 0 Å². The fourth-order valence-corrected chi connectivity index (χ4v) is 2.70. The van der Waals surface area contributed by atoms with Crippen LogP contribution in [0, 0.1) is 11.8 Å². The maximum Gasteiger partial charge on any atom is 0.246 e. The maximum absolute atomic E-state index is 12.7. The molecule has 1 aliphatic rings. The summed E-state index contributed by atoms with van der Waals surface area (Å²) in [6.45, 7) is 9.19. The van der Waals surface area contributed by atoms with Crippen LogP contribution in [0.5, 0.6) is 0 Å². The standard InChI is InChI=1S/C15H28N2O3/c1-6-11(4)13-15(19)17(8-10(3)9-20-5)12(7-2)14(18)16-13/h10-13H,6-9H2,1-5H3,(H,16,18). The fourth-order valence-electron chi connectivity index (χ4n) is 2.70. The van der Waals surface area contributed by atoms with E-state index in [0.717, 1.165) is 6.42 Å². The monoisotopic (exact) mass is 284 g/mol. The van der Waals surface area contributed by atoms with Gasteiger partial charge in [-0.3, -0.25) is 9.59 Å². The van der Waals surface area contributed by atoms with E-state index in [9.17, 15) is 9.59 Å². The van der Waals surface area contributed by atoms with Crippen LogP contribution in [0.25, 0.3) is 0 Å². The number of nitrogens with zero attached hydrogens (tertiary/aromatic N) is 1. The van der Waals surface area contributed by atoms with Crippen molar-refractivity contribution in [3.8, 4) is 0 Å². The number of hydrogen-bond acceptors (Lipinski definition) is 3. The highest BCUT2D eigenvalue weighted by molar-refractivity contribution is 5.97. The summed E-state index contributed by atoms with van der Waals surface area (Å²) in [6.07, 6.45) is 1.51. The molecule has 1 N–H and O–H groups in total. The van der Waals surface area contributed by atoms with Crippen LogP contribution in [-0.4, -0.2) is 49.1 Å². The van der Waals surface area contributed by atoms with Crippen molar-refractivity contribution in [1.82, 2.24) is 10.2 Å². The van der Waals surface area contributed by atoms with E-state index in [-0.39, 0.29) is 35.7 Å². The molecular weight excluding hydrogens is 256 g/mol. The first-order chi connectivity index (χ1) is 9.46. The number of ether oxygens (including phenoxy) is 1. The quantitative estimate of drug-likeness (QED) is 0.769. The lowest BCUT2D eigenvalue weighted by atomic mass is 9.93. The first-order valence-corrected chi connectivity index (χ1v) is 7.55. The molecule has 1 aliphatic heterocycles. The van der Waals surface area contributed by atoms with Crippen LogP contribution >= 0.6 is 0 Å². The lowest BCUT2D eigenvalue weighted by molar-refractivity contribution is -0.151. The third-order valence-corrected chi connectivity index (χ3v) is 4.09. The highest BCUT2D eigenvalue weighted by Crippen LogP contribution is 2.20. The fraction of sp³-hybridized carbons (Fsp3) is 0.867. The van der Waals surface area contributed by atoms with Gasteiger partial charge in [-0.2, -0.15) is 0 Å². The summed E-state index contributed by atoms with van der Waals surface area (Å²) < 4.78 is 5.13. The zero-order chi connectivity index (χ0) is 15.3. The molecule has 1 heterocycles. The predicted octanol–water partition coefficient (Wildman–Crippen LogP) is 1.42. The van der Waals surface area contributed by atoms with Gasteiger partial charge in [0.05, 0.1) is 6.61 Å². The molecule has 0 radical (unpaired) electrons. The summed E-state index contributed by atoms with van der Waals surface area (Å²) in [5, 5.41) is 2.89. The summed E-state index contributed by atoms with van der Waals surface area (Å²) in [7, 11) is 1.65. The highest BCUT2D eigenvalue weighted by Gasteiger charge is 2.41. The number of carbonyl (C=O) groups is 2. The van der Waals surface area contributed by atoms with Crippen LogP contribution < -0.4 is 5.32 Å². The minimum absolute atomic E-state index is 0.0259. The Morgan fingerprint density at radius 1 is 1.30 bits per heavy atom. The molecule has 4 unspecified atom stereocenters. The van der Waals surface area contributed by atoms with E-state index in [1.807, 2.05) is 27.7 Å².